The molecule has 4 N–H and O–H groups in total. The zero-order valence-electron chi connectivity index (χ0n) is 10.3. The number of nitrogens with one attached hydrogen (secondary N) is 2. The van der Waals surface area contributed by atoms with Crippen LogP contribution < -0.4 is 10.5 Å². The molecule has 0 bridgehead atoms. The summed E-state index contributed by atoms with van der Waals surface area (Å²) < 4.78 is 31.6. The van der Waals surface area contributed by atoms with Crippen LogP contribution in [0.2, 0.25) is 0 Å². The topological polar surface area (TPSA) is 110 Å². The summed E-state index contributed by atoms with van der Waals surface area (Å²) in [6.07, 6.45) is 4.14. The molecule has 2 rings (SSSR count). The number of H-pyrrole nitrogens is 1. The number of methoxy groups -OCH3 is 1. The number of nitrogen functional groups attached to an aromatic ring is 1. The van der Waals surface area contributed by atoms with Gasteiger partial charge in [-0.05, 0) is 24.7 Å². The Morgan fingerprint density at radius 3 is 2.83 bits per heavy atom. The first-order valence-corrected chi connectivity index (χ1v) is 7.25. The lowest BCUT2D eigenvalue weighted by atomic mass is 10.0. The van der Waals surface area contributed by atoms with Crippen LogP contribution in [0, 0.1) is 5.41 Å². The van der Waals surface area contributed by atoms with E-state index in [2.05, 4.69) is 14.9 Å². The summed E-state index contributed by atoms with van der Waals surface area (Å²) in [6, 6.07) is 0. The molecule has 1 aromatic rings. The Bertz CT molecular complexity index is 507. The minimum Gasteiger partial charge on any atom is -0.385 e. The molecule has 0 aliphatic heterocycles. The number of rotatable bonds is 7. The lowest BCUT2D eigenvalue weighted by Crippen LogP contribution is -2.31. The number of aromatic amines is 1. The van der Waals surface area contributed by atoms with Crippen molar-refractivity contribution in [2.45, 2.75) is 24.2 Å². The number of nitrogens with zero attached hydrogens (tertiary/aromatic N) is 1. The van der Waals surface area contributed by atoms with Crippen molar-refractivity contribution in [2.24, 2.45) is 5.41 Å². The molecule has 0 spiro atoms. The minimum absolute atomic E-state index is 0.00467. The zero-order valence-corrected chi connectivity index (χ0v) is 11.1. The first-order valence-electron chi connectivity index (χ1n) is 5.77. The second kappa shape index (κ2) is 4.87. The molecule has 0 saturated heterocycles. The Morgan fingerprint density at radius 2 is 2.33 bits per heavy atom. The summed E-state index contributed by atoms with van der Waals surface area (Å²) >= 11 is 0. The maximum Gasteiger partial charge on any atom is 0.245 e. The predicted molar refractivity (Wildman–Crippen MR) is 66.3 cm³/mol. The third kappa shape index (κ3) is 2.82. The highest BCUT2D eigenvalue weighted by atomic mass is 32.2. The van der Waals surface area contributed by atoms with Crippen LogP contribution in [-0.2, 0) is 14.8 Å². The molecule has 1 aromatic heterocycles. The fourth-order valence-electron chi connectivity index (χ4n) is 1.84. The Hall–Kier alpha value is -1.12. The van der Waals surface area contributed by atoms with Gasteiger partial charge in [-0.3, -0.25) is 5.10 Å². The van der Waals surface area contributed by atoms with E-state index in [4.69, 9.17) is 10.5 Å². The highest BCUT2D eigenvalue weighted by Crippen LogP contribution is 2.48. The Labute approximate surface area is 106 Å². The highest BCUT2D eigenvalue weighted by Gasteiger charge is 2.42. The monoisotopic (exact) mass is 274 g/mol. The minimum atomic E-state index is -3.58. The van der Waals surface area contributed by atoms with Crippen LogP contribution in [0.5, 0.6) is 0 Å². The standard InChI is InChI=1S/C10H18N4O3S/c1-17-5-4-10(2-3-10)7-13-18(15,16)8-6-12-14-9(8)11/h6,13H,2-5,7H2,1H3,(H3,11,12,14). The van der Waals surface area contributed by atoms with Gasteiger partial charge in [0.2, 0.25) is 10.0 Å². The van der Waals surface area contributed by atoms with Crippen LogP contribution in [0.4, 0.5) is 5.82 Å². The van der Waals surface area contributed by atoms with Gasteiger partial charge in [-0.15, -0.1) is 0 Å². The lowest BCUT2D eigenvalue weighted by molar-refractivity contribution is 0.173. The van der Waals surface area contributed by atoms with Crippen LogP contribution in [0.25, 0.3) is 0 Å². The van der Waals surface area contributed by atoms with Gasteiger partial charge in [0, 0.05) is 20.3 Å². The molecule has 7 nitrogen and oxygen atoms in total. The Morgan fingerprint density at radius 1 is 1.61 bits per heavy atom. The number of sulfonamides is 1. The van der Waals surface area contributed by atoms with Crippen molar-refractivity contribution in [3.05, 3.63) is 6.20 Å². The predicted octanol–water partition coefficient (Wildman–Crippen LogP) is 0.0869. The largest absolute Gasteiger partial charge is 0.385 e. The number of anilines is 1. The fraction of sp³-hybridized carbons (Fsp3) is 0.700. The van der Waals surface area contributed by atoms with Gasteiger partial charge in [0.1, 0.15) is 10.7 Å². The summed E-state index contributed by atoms with van der Waals surface area (Å²) in [7, 11) is -1.93. The zero-order chi connectivity index (χ0) is 13.2. The molecule has 1 heterocycles. The Balaban J connectivity index is 1.96. The quantitative estimate of drug-likeness (QED) is 0.652. The lowest BCUT2D eigenvalue weighted by Gasteiger charge is -2.15. The van der Waals surface area contributed by atoms with Crippen molar-refractivity contribution >= 4 is 15.8 Å². The van der Waals surface area contributed by atoms with Gasteiger partial charge in [0.15, 0.2) is 0 Å². The van der Waals surface area contributed by atoms with Gasteiger partial charge in [-0.1, -0.05) is 0 Å². The van der Waals surface area contributed by atoms with Crippen molar-refractivity contribution in [2.75, 3.05) is 26.0 Å². The molecule has 18 heavy (non-hydrogen) atoms. The number of aromatic nitrogens is 2. The van der Waals surface area contributed by atoms with E-state index < -0.39 is 10.0 Å². The summed E-state index contributed by atoms with van der Waals surface area (Å²) in [5.74, 6) is 0.0595. The number of ether oxygens (including phenoxy) is 1. The van der Waals surface area contributed by atoms with E-state index in [1.54, 1.807) is 7.11 Å². The van der Waals surface area contributed by atoms with Crippen molar-refractivity contribution in [3.63, 3.8) is 0 Å². The van der Waals surface area contributed by atoms with Gasteiger partial charge in [0.25, 0.3) is 0 Å². The summed E-state index contributed by atoms with van der Waals surface area (Å²) in [5.41, 5.74) is 5.56. The van der Waals surface area contributed by atoms with E-state index in [9.17, 15) is 8.42 Å². The van der Waals surface area contributed by atoms with E-state index >= 15 is 0 Å². The average Bonchev–Trinajstić information content (AvgIpc) is 2.98. The third-order valence-corrected chi connectivity index (χ3v) is 4.78. The first kappa shape index (κ1) is 13.3. The van der Waals surface area contributed by atoms with Gasteiger partial charge >= 0.3 is 0 Å². The van der Waals surface area contributed by atoms with Crippen molar-refractivity contribution in [1.29, 1.82) is 0 Å². The van der Waals surface area contributed by atoms with Crippen LogP contribution in [0.3, 0.4) is 0 Å². The number of hydrogen-bond acceptors (Lipinski definition) is 5. The molecule has 1 aliphatic carbocycles. The Kier molecular flexibility index (Phi) is 3.60. The van der Waals surface area contributed by atoms with Crippen molar-refractivity contribution in [1.82, 2.24) is 14.9 Å². The highest BCUT2D eigenvalue weighted by molar-refractivity contribution is 7.89. The molecule has 1 aliphatic rings. The van der Waals surface area contributed by atoms with Gasteiger partial charge < -0.3 is 10.5 Å². The molecule has 0 unspecified atom stereocenters. The van der Waals surface area contributed by atoms with Crippen LogP contribution in [-0.4, -0.2) is 38.9 Å². The SMILES string of the molecule is COCCC1(CNS(=O)(=O)c2cn[nH]c2N)CC1. The van der Waals surface area contributed by atoms with E-state index in [0.717, 1.165) is 19.3 Å². The van der Waals surface area contributed by atoms with Gasteiger partial charge in [-0.2, -0.15) is 5.10 Å². The van der Waals surface area contributed by atoms with E-state index in [1.165, 1.54) is 6.20 Å². The second-order valence-electron chi connectivity index (χ2n) is 4.72. The molecular weight excluding hydrogens is 256 g/mol. The molecule has 8 heteroatoms. The van der Waals surface area contributed by atoms with Gasteiger partial charge in [0.05, 0.1) is 6.20 Å². The molecule has 1 fully saturated rings. The smallest absolute Gasteiger partial charge is 0.245 e. The number of nitrogens with two attached hydrogens (primary N) is 1. The average molecular weight is 274 g/mol. The van der Waals surface area contributed by atoms with Crippen molar-refractivity contribution < 1.29 is 13.2 Å². The maximum absolute atomic E-state index is 12.0. The van der Waals surface area contributed by atoms with Crippen LogP contribution in [0.15, 0.2) is 11.1 Å². The molecule has 102 valence electrons. The summed E-state index contributed by atoms with van der Waals surface area (Å²) in [6.45, 7) is 1.07. The molecule has 1 saturated carbocycles. The molecule has 0 amide bonds. The summed E-state index contributed by atoms with van der Waals surface area (Å²) in [4.78, 5) is 0.00467. The maximum atomic E-state index is 12.0. The molecule has 0 atom stereocenters. The van der Waals surface area contributed by atoms with Crippen LogP contribution >= 0.6 is 0 Å². The first-order chi connectivity index (χ1) is 8.49. The normalized spacial score (nSPS) is 17.8. The number of hydrogen-bond donors (Lipinski definition) is 3. The third-order valence-electron chi connectivity index (χ3n) is 3.35. The molecule has 0 aromatic carbocycles. The fourth-order valence-corrected chi connectivity index (χ4v) is 3.01. The summed E-state index contributed by atoms with van der Waals surface area (Å²) in [5, 5.41) is 6.02. The van der Waals surface area contributed by atoms with E-state index in [0.29, 0.717) is 13.2 Å². The van der Waals surface area contributed by atoms with E-state index in [1.807, 2.05) is 0 Å². The molecular formula is C10H18N4O3S. The molecule has 0 radical (unpaired) electrons. The van der Waals surface area contributed by atoms with Gasteiger partial charge in [-0.25, -0.2) is 13.1 Å². The second-order valence-corrected chi connectivity index (χ2v) is 6.45. The van der Waals surface area contributed by atoms with Crippen LogP contribution in [0.1, 0.15) is 19.3 Å². The van der Waals surface area contributed by atoms with E-state index in [-0.39, 0.29) is 16.1 Å². The van der Waals surface area contributed by atoms with Crippen molar-refractivity contribution in [3.8, 4) is 0 Å².